The molecule has 0 radical (unpaired) electrons. The molecule has 0 aliphatic heterocycles. The van der Waals surface area contributed by atoms with Crippen LogP contribution in [0.25, 0.3) is 10.9 Å². The molecule has 8 nitrogen and oxygen atoms in total. The van der Waals surface area contributed by atoms with Crippen molar-refractivity contribution in [3.05, 3.63) is 89.1 Å². The van der Waals surface area contributed by atoms with E-state index in [1.807, 2.05) is 0 Å². The first-order chi connectivity index (χ1) is 16.0. The van der Waals surface area contributed by atoms with Gasteiger partial charge in [-0.1, -0.05) is 41.9 Å². The smallest absolute Gasteiger partial charge is 0.269 e. The van der Waals surface area contributed by atoms with Crippen LogP contribution in [0.4, 0.5) is 5.69 Å². The monoisotopic (exact) mass is 517 g/mol. The number of H-pyrrole nitrogens is 1. The number of halogens is 1. The topological polar surface area (TPSA) is 125 Å². The van der Waals surface area contributed by atoms with Crippen molar-refractivity contribution in [3.63, 3.8) is 0 Å². The van der Waals surface area contributed by atoms with E-state index in [4.69, 9.17) is 11.6 Å². The zero-order valence-electron chi connectivity index (χ0n) is 17.9. The average molecular weight is 518 g/mol. The lowest BCUT2D eigenvalue weighted by atomic mass is 10.2. The highest BCUT2D eigenvalue weighted by molar-refractivity contribution is 7.92. The van der Waals surface area contributed by atoms with Crippen molar-refractivity contribution in [1.82, 2.24) is 10.3 Å². The standard InChI is InChI=1S/C23H20ClN3O5S2/c1-33(29,30)27-17-7-5-6-15(12-17)14-25-23(28)21-22(19-13-16(24)10-11-20(19)26-21)34(31,32)18-8-3-2-4-9-18/h2-13,26-27H,14H2,1H3,(H,25,28). The number of carbonyl (C=O) groups excluding carboxylic acids is 1. The lowest BCUT2D eigenvalue weighted by Crippen LogP contribution is -2.25. The van der Waals surface area contributed by atoms with Gasteiger partial charge in [0, 0.05) is 28.2 Å². The maximum absolute atomic E-state index is 13.5. The molecule has 0 spiro atoms. The summed E-state index contributed by atoms with van der Waals surface area (Å²) < 4.78 is 52.3. The number of hydrogen-bond donors (Lipinski definition) is 3. The molecule has 1 aromatic heterocycles. The zero-order valence-corrected chi connectivity index (χ0v) is 20.3. The molecule has 176 valence electrons. The summed E-state index contributed by atoms with van der Waals surface area (Å²) in [6.45, 7) is 0.0407. The van der Waals surface area contributed by atoms with Gasteiger partial charge in [0.2, 0.25) is 19.9 Å². The largest absolute Gasteiger partial charge is 0.349 e. The van der Waals surface area contributed by atoms with Gasteiger partial charge in [-0.05, 0) is 48.0 Å². The quantitative estimate of drug-likeness (QED) is 0.342. The second kappa shape index (κ2) is 9.13. The van der Waals surface area contributed by atoms with Crippen LogP contribution in [-0.4, -0.2) is 34.0 Å². The SMILES string of the molecule is CS(=O)(=O)Nc1cccc(CNC(=O)c2[nH]c3ccc(Cl)cc3c2S(=O)(=O)c2ccccc2)c1. The number of fused-ring (bicyclic) bond motifs is 1. The van der Waals surface area contributed by atoms with Gasteiger partial charge in [0.05, 0.1) is 11.2 Å². The number of benzene rings is 3. The molecule has 0 unspecified atom stereocenters. The van der Waals surface area contributed by atoms with Crippen LogP contribution < -0.4 is 10.0 Å². The molecular weight excluding hydrogens is 498 g/mol. The molecule has 0 aliphatic rings. The van der Waals surface area contributed by atoms with Gasteiger partial charge in [-0.25, -0.2) is 16.8 Å². The zero-order chi connectivity index (χ0) is 24.5. The first-order valence-electron chi connectivity index (χ1n) is 10.0. The summed E-state index contributed by atoms with van der Waals surface area (Å²) >= 11 is 6.12. The Bertz CT molecular complexity index is 1600. The molecule has 1 amide bonds. The highest BCUT2D eigenvalue weighted by atomic mass is 35.5. The fraction of sp³-hybridized carbons (Fsp3) is 0.0870. The molecule has 0 saturated heterocycles. The van der Waals surface area contributed by atoms with Crippen LogP contribution >= 0.6 is 11.6 Å². The number of aromatic nitrogens is 1. The molecule has 11 heteroatoms. The Labute approximate surface area is 201 Å². The normalized spacial score (nSPS) is 11.9. The van der Waals surface area contributed by atoms with E-state index < -0.39 is 25.8 Å². The summed E-state index contributed by atoms with van der Waals surface area (Å²) in [6, 6.07) is 19.0. The maximum Gasteiger partial charge on any atom is 0.269 e. The Morgan fingerprint density at radius 3 is 2.38 bits per heavy atom. The van der Waals surface area contributed by atoms with Crippen LogP contribution in [0.2, 0.25) is 5.02 Å². The van der Waals surface area contributed by atoms with Crippen LogP contribution in [0.3, 0.4) is 0 Å². The van der Waals surface area contributed by atoms with E-state index in [0.29, 0.717) is 27.2 Å². The van der Waals surface area contributed by atoms with E-state index in [-0.39, 0.29) is 22.0 Å². The molecule has 4 rings (SSSR count). The van der Waals surface area contributed by atoms with Crippen LogP contribution in [-0.2, 0) is 26.4 Å². The fourth-order valence-electron chi connectivity index (χ4n) is 3.53. The lowest BCUT2D eigenvalue weighted by Gasteiger charge is -2.10. The molecule has 3 N–H and O–H groups in total. The Morgan fingerprint density at radius 1 is 0.941 bits per heavy atom. The highest BCUT2D eigenvalue weighted by Gasteiger charge is 2.29. The number of sulfonamides is 1. The lowest BCUT2D eigenvalue weighted by molar-refractivity contribution is 0.0943. The number of anilines is 1. The van der Waals surface area contributed by atoms with E-state index in [1.54, 1.807) is 54.6 Å². The number of carbonyl (C=O) groups is 1. The van der Waals surface area contributed by atoms with E-state index >= 15 is 0 Å². The van der Waals surface area contributed by atoms with Crippen molar-refractivity contribution in [2.45, 2.75) is 16.3 Å². The van der Waals surface area contributed by atoms with Crippen LogP contribution in [0.15, 0.2) is 82.6 Å². The Morgan fingerprint density at radius 2 is 1.68 bits per heavy atom. The van der Waals surface area contributed by atoms with E-state index in [1.165, 1.54) is 18.2 Å². The predicted molar refractivity (Wildman–Crippen MR) is 131 cm³/mol. The summed E-state index contributed by atoms with van der Waals surface area (Å²) in [6.07, 6.45) is 1.04. The minimum atomic E-state index is -4.05. The summed E-state index contributed by atoms with van der Waals surface area (Å²) in [4.78, 5) is 15.9. The van der Waals surface area contributed by atoms with Gasteiger partial charge in [-0.3, -0.25) is 9.52 Å². The van der Waals surface area contributed by atoms with Crippen molar-refractivity contribution in [2.24, 2.45) is 0 Å². The molecule has 1 heterocycles. The van der Waals surface area contributed by atoms with Gasteiger partial charge in [0.25, 0.3) is 5.91 Å². The molecular formula is C23H20ClN3O5S2. The van der Waals surface area contributed by atoms with Crippen LogP contribution in [0.5, 0.6) is 0 Å². The van der Waals surface area contributed by atoms with Gasteiger partial charge in [-0.15, -0.1) is 0 Å². The van der Waals surface area contributed by atoms with Crippen LogP contribution in [0, 0.1) is 0 Å². The van der Waals surface area contributed by atoms with Crippen LogP contribution in [0.1, 0.15) is 16.1 Å². The second-order valence-electron chi connectivity index (χ2n) is 7.59. The molecule has 0 fully saturated rings. The second-order valence-corrected chi connectivity index (χ2v) is 11.7. The number of aromatic amines is 1. The summed E-state index contributed by atoms with van der Waals surface area (Å²) in [5.41, 5.74) is 1.30. The first-order valence-corrected chi connectivity index (χ1v) is 13.8. The first kappa shape index (κ1) is 23.8. The van der Waals surface area contributed by atoms with E-state index in [0.717, 1.165) is 6.26 Å². The van der Waals surface area contributed by atoms with Crippen molar-refractivity contribution in [1.29, 1.82) is 0 Å². The maximum atomic E-state index is 13.5. The van der Waals surface area contributed by atoms with Crippen molar-refractivity contribution >= 4 is 54.0 Å². The number of sulfone groups is 1. The van der Waals surface area contributed by atoms with Gasteiger partial charge in [0.15, 0.2) is 0 Å². The summed E-state index contributed by atoms with van der Waals surface area (Å²) in [7, 11) is -7.51. The van der Waals surface area contributed by atoms with Crippen molar-refractivity contribution in [3.8, 4) is 0 Å². The molecule has 3 aromatic carbocycles. The third-order valence-electron chi connectivity index (χ3n) is 4.95. The Balaban J connectivity index is 1.70. The Kier molecular flexibility index (Phi) is 6.39. The fourth-order valence-corrected chi connectivity index (χ4v) is 5.87. The summed E-state index contributed by atoms with van der Waals surface area (Å²) in [5.74, 6) is -0.636. The molecule has 0 saturated carbocycles. The third kappa shape index (κ3) is 5.09. The van der Waals surface area contributed by atoms with Crippen molar-refractivity contribution in [2.75, 3.05) is 11.0 Å². The minimum absolute atomic E-state index is 0.0407. The Hall–Kier alpha value is -3.34. The van der Waals surface area contributed by atoms with Gasteiger partial charge in [-0.2, -0.15) is 0 Å². The summed E-state index contributed by atoms with van der Waals surface area (Å²) in [5, 5.41) is 3.34. The van der Waals surface area contributed by atoms with E-state index in [9.17, 15) is 21.6 Å². The molecule has 0 aliphatic carbocycles. The van der Waals surface area contributed by atoms with Gasteiger partial charge < -0.3 is 10.3 Å². The average Bonchev–Trinajstić information content (AvgIpc) is 3.16. The highest BCUT2D eigenvalue weighted by Crippen LogP contribution is 2.33. The number of hydrogen-bond acceptors (Lipinski definition) is 5. The van der Waals surface area contributed by atoms with Gasteiger partial charge in [0.1, 0.15) is 10.6 Å². The van der Waals surface area contributed by atoms with Gasteiger partial charge >= 0.3 is 0 Å². The molecule has 34 heavy (non-hydrogen) atoms. The number of nitrogens with one attached hydrogen (secondary N) is 3. The molecule has 0 bridgehead atoms. The minimum Gasteiger partial charge on any atom is -0.349 e. The van der Waals surface area contributed by atoms with Crippen molar-refractivity contribution < 1.29 is 21.6 Å². The number of rotatable bonds is 7. The predicted octanol–water partition coefficient (Wildman–Crippen LogP) is 3.96. The molecule has 0 atom stereocenters. The number of amides is 1. The van der Waals surface area contributed by atoms with E-state index in [2.05, 4.69) is 15.0 Å². The molecule has 4 aromatic rings. The third-order valence-corrected chi connectivity index (χ3v) is 7.64.